The van der Waals surface area contributed by atoms with Crippen molar-refractivity contribution in [3.63, 3.8) is 0 Å². The number of rotatable bonds is 1. The summed E-state index contributed by atoms with van der Waals surface area (Å²) in [5.41, 5.74) is 4.83. The summed E-state index contributed by atoms with van der Waals surface area (Å²) < 4.78 is 0. The number of nitrogens with zero attached hydrogens (tertiary/aromatic N) is 2. The first-order chi connectivity index (χ1) is 10.8. The summed E-state index contributed by atoms with van der Waals surface area (Å²) in [6.07, 6.45) is 0.859. The number of hydrogen-bond donors (Lipinski definition) is 0. The number of nitriles is 2. The first-order valence-electron chi connectivity index (χ1n) is 7.28. The van der Waals surface area contributed by atoms with Crippen molar-refractivity contribution in [2.75, 3.05) is 0 Å². The molecule has 104 valence electrons. The lowest BCUT2D eigenvalue weighted by Crippen LogP contribution is -2.39. The van der Waals surface area contributed by atoms with Crippen molar-refractivity contribution < 1.29 is 4.79 Å². The number of hydrogen-bond acceptors (Lipinski definition) is 3. The molecule has 0 aromatic heterocycles. The van der Waals surface area contributed by atoms with Crippen LogP contribution in [0.4, 0.5) is 0 Å². The standard InChI is InChI=1S/C19H12N2O/c20-8-15-16(9-21)19-13-6-2-1-5-12(13)18(15)14-7-3-4-11(10-22)17(14)19/h1-7,10,15-16,18-19H/t15-,16-,18+,19+/m1/s1. The van der Waals surface area contributed by atoms with Crippen LogP contribution in [-0.2, 0) is 0 Å². The zero-order chi connectivity index (χ0) is 15.3. The summed E-state index contributed by atoms with van der Waals surface area (Å²) in [7, 11) is 0. The molecule has 2 bridgehead atoms. The van der Waals surface area contributed by atoms with E-state index in [1.165, 1.54) is 0 Å². The van der Waals surface area contributed by atoms with Crippen LogP contribution in [-0.4, -0.2) is 6.29 Å². The summed E-state index contributed by atoms with van der Waals surface area (Å²) in [4.78, 5) is 11.5. The molecule has 3 nitrogen and oxygen atoms in total. The topological polar surface area (TPSA) is 64.7 Å². The van der Waals surface area contributed by atoms with Crippen LogP contribution in [0.1, 0.15) is 44.4 Å². The maximum Gasteiger partial charge on any atom is 0.150 e. The number of carbonyl (C=O) groups excluding carboxylic acids is 1. The molecule has 0 spiro atoms. The van der Waals surface area contributed by atoms with Crippen molar-refractivity contribution in [3.05, 3.63) is 70.3 Å². The molecule has 0 saturated heterocycles. The van der Waals surface area contributed by atoms with E-state index in [0.29, 0.717) is 5.56 Å². The fourth-order valence-electron chi connectivity index (χ4n) is 4.22. The third-order valence-electron chi connectivity index (χ3n) is 5.02. The molecule has 0 N–H and O–H groups in total. The minimum atomic E-state index is -0.404. The molecule has 2 aromatic rings. The van der Waals surface area contributed by atoms with E-state index in [1.807, 2.05) is 36.4 Å². The lowest BCUT2D eigenvalue weighted by atomic mass is 9.54. The average Bonchev–Trinajstić information content (AvgIpc) is 2.60. The van der Waals surface area contributed by atoms with Crippen LogP contribution in [0.25, 0.3) is 0 Å². The Balaban J connectivity index is 2.11. The van der Waals surface area contributed by atoms with Crippen LogP contribution >= 0.6 is 0 Å². The van der Waals surface area contributed by atoms with Gasteiger partial charge in [0.2, 0.25) is 0 Å². The van der Waals surface area contributed by atoms with Crippen LogP contribution in [0, 0.1) is 34.5 Å². The molecule has 4 atom stereocenters. The second kappa shape index (κ2) is 4.55. The lowest BCUT2D eigenvalue weighted by Gasteiger charge is -2.46. The van der Waals surface area contributed by atoms with Gasteiger partial charge in [0.1, 0.15) is 6.29 Å². The van der Waals surface area contributed by atoms with E-state index in [-0.39, 0.29) is 17.8 Å². The second-order valence-corrected chi connectivity index (χ2v) is 5.86. The molecule has 0 amide bonds. The van der Waals surface area contributed by atoms with Gasteiger partial charge in [-0.1, -0.05) is 42.5 Å². The molecule has 3 heteroatoms. The number of fused-ring (bicyclic) bond motifs is 1. The zero-order valence-electron chi connectivity index (χ0n) is 11.7. The highest BCUT2D eigenvalue weighted by Gasteiger charge is 2.50. The fraction of sp³-hybridized carbons (Fsp3) is 0.211. The van der Waals surface area contributed by atoms with E-state index in [0.717, 1.165) is 28.5 Å². The van der Waals surface area contributed by atoms with Gasteiger partial charge in [0.25, 0.3) is 0 Å². The first kappa shape index (κ1) is 12.8. The zero-order valence-corrected chi connectivity index (χ0v) is 11.7. The fourth-order valence-corrected chi connectivity index (χ4v) is 4.22. The molecule has 2 aromatic carbocycles. The molecule has 3 aliphatic rings. The molecule has 0 fully saturated rings. The molecule has 0 heterocycles. The van der Waals surface area contributed by atoms with Gasteiger partial charge in [0, 0.05) is 17.4 Å². The van der Waals surface area contributed by atoms with Gasteiger partial charge in [-0.3, -0.25) is 4.79 Å². The van der Waals surface area contributed by atoms with Gasteiger partial charge in [0.15, 0.2) is 0 Å². The second-order valence-electron chi connectivity index (χ2n) is 5.86. The molecule has 0 aliphatic heterocycles. The van der Waals surface area contributed by atoms with Gasteiger partial charge < -0.3 is 0 Å². The Hall–Kier alpha value is -2.91. The first-order valence-corrected chi connectivity index (χ1v) is 7.28. The molecular formula is C19H12N2O. The average molecular weight is 284 g/mol. The van der Waals surface area contributed by atoms with Crippen molar-refractivity contribution in [3.8, 4) is 12.1 Å². The van der Waals surface area contributed by atoms with Gasteiger partial charge in [-0.2, -0.15) is 10.5 Å². The van der Waals surface area contributed by atoms with Crippen molar-refractivity contribution in [1.82, 2.24) is 0 Å². The SMILES string of the molecule is N#C[C@H]1[C@H]2c3ccccc3[C@H](c3c(C=O)cccc32)[C@@H]1C#N. The summed E-state index contributed by atoms with van der Waals surface area (Å²) in [6, 6.07) is 18.3. The normalized spacial score (nSPS) is 27.2. The Bertz CT molecular complexity index is 872. The van der Waals surface area contributed by atoms with Crippen molar-refractivity contribution in [1.29, 1.82) is 10.5 Å². The highest BCUT2D eigenvalue weighted by molar-refractivity contribution is 5.81. The third-order valence-corrected chi connectivity index (χ3v) is 5.02. The Kier molecular flexibility index (Phi) is 2.65. The summed E-state index contributed by atoms with van der Waals surface area (Å²) in [5.74, 6) is -1.07. The van der Waals surface area contributed by atoms with E-state index in [1.54, 1.807) is 6.07 Å². The molecule has 0 saturated carbocycles. The van der Waals surface area contributed by atoms with Gasteiger partial charge >= 0.3 is 0 Å². The Labute approximate surface area is 128 Å². The summed E-state index contributed by atoms with van der Waals surface area (Å²) in [6.45, 7) is 0. The van der Waals surface area contributed by atoms with E-state index in [9.17, 15) is 15.3 Å². The quantitative estimate of drug-likeness (QED) is 0.754. The Morgan fingerprint density at radius 3 is 2.05 bits per heavy atom. The van der Waals surface area contributed by atoms with Crippen LogP contribution < -0.4 is 0 Å². The van der Waals surface area contributed by atoms with Gasteiger partial charge in [0.05, 0.1) is 24.0 Å². The van der Waals surface area contributed by atoms with Gasteiger partial charge in [-0.15, -0.1) is 0 Å². The Morgan fingerprint density at radius 1 is 0.818 bits per heavy atom. The van der Waals surface area contributed by atoms with E-state index >= 15 is 0 Å². The highest BCUT2D eigenvalue weighted by Crippen LogP contribution is 2.58. The number of benzene rings is 2. The van der Waals surface area contributed by atoms with Gasteiger partial charge in [-0.25, -0.2) is 0 Å². The number of aldehydes is 1. The van der Waals surface area contributed by atoms with E-state index in [4.69, 9.17) is 0 Å². The monoisotopic (exact) mass is 284 g/mol. The predicted octanol–water partition coefficient (Wildman–Crippen LogP) is 3.37. The van der Waals surface area contributed by atoms with Crippen molar-refractivity contribution in [2.45, 2.75) is 11.8 Å². The summed E-state index contributed by atoms with van der Waals surface area (Å²) in [5, 5.41) is 19.3. The lowest BCUT2D eigenvalue weighted by molar-refractivity contribution is 0.112. The van der Waals surface area contributed by atoms with E-state index in [2.05, 4.69) is 12.1 Å². The molecular weight excluding hydrogens is 272 g/mol. The highest BCUT2D eigenvalue weighted by atomic mass is 16.1. The largest absolute Gasteiger partial charge is 0.298 e. The molecule has 0 unspecified atom stereocenters. The van der Waals surface area contributed by atoms with Crippen LogP contribution in [0.15, 0.2) is 42.5 Å². The van der Waals surface area contributed by atoms with Crippen molar-refractivity contribution >= 4 is 6.29 Å². The third kappa shape index (κ3) is 1.41. The van der Waals surface area contributed by atoms with Crippen LogP contribution in [0.5, 0.6) is 0 Å². The van der Waals surface area contributed by atoms with Crippen LogP contribution in [0.3, 0.4) is 0 Å². The van der Waals surface area contributed by atoms with Gasteiger partial charge in [-0.05, 0) is 22.3 Å². The number of carbonyl (C=O) groups is 1. The minimum Gasteiger partial charge on any atom is -0.298 e. The van der Waals surface area contributed by atoms with E-state index < -0.39 is 5.92 Å². The molecule has 3 aliphatic carbocycles. The minimum absolute atomic E-state index is 0.120. The maximum absolute atomic E-state index is 11.5. The van der Waals surface area contributed by atoms with Crippen molar-refractivity contribution in [2.24, 2.45) is 11.8 Å². The summed E-state index contributed by atoms with van der Waals surface area (Å²) >= 11 is 0. The molecule has 5 rings (SSSR count). The van der Waals surface area contributed by atoms with Crippen LogP contribution in [0.2, 0.25) is 0 Å². The Morgan fingerprint density at radius 2 is 1.41 bits per heavy atom. The maximum atomic E-state index is 11.5. The molecule has 22 heavy (non-hydrogen) atoms. The molecule has 0 radical (unpaired) electrons. The smallest absolute Gasteiger partial charge is 0.150 e. The predicted molar refractivity (Wildman–Crippen MR) is 80.2 cm³/mol.